The van der Waals surface area contributed by atoms with E-state index in [9.17, 15) is 0 Å². The van der Waals surface area contributed by atoms with Gasteiger partial charge in [-0.25, -0.2) is 0 Å². The number of aromatic nitrogens is 4. The number of ether oxygens (including phenoxy) is 1. The standard InChI is InChI=1S/C9H11N5O/c1-15-8-4-2-3-7(5-8)14-9(6-10)11-12-13-14/h2-5H,6,10H2,1H3. The van der Waals surface area contributed by atoms with Crippen molar-refractivity contribution >= 4 is 0 Å². The molecule has 0 saturated carbocycles. The smallest absolute Gasteiger partial charge is 0.170 e. The molecule has 0 unspecified atom stereocenters. The number of benzene rings is 1. The molecule has 0 aliphatic carbocycles. The molecular weight excluding hydrogens is 194 g/mol. The van der Waals surface area contributed by atoms with Crippen molar-refractivity contribution in [3.8, 4) is 11.4 Å². The van der Waals surface area contributed by atoms with Crippen molar-refractivity contribution in [2.75, 3.05) is 7.11 Å². The maximum absolute atomic E-state index is 5.51. The maximum atomic E-state index is 5.51. The summed E-state index contributed by atoms with van der Waals surface area (Å²) in [5.41, 5.74) is 6.34. The lowest BCUT2D eigenvalue weighted by Gasteiger charge is -2.04. The Morgan fingerprint density at radius 3 is 3.07 bits per heavy atom. The fraction of sp³-hybridized carbons (Fsp3) is 0.222. The monoisotopic (exact) mass is 205 g/mol. The Labute approximate surface area is 86.7 Å². The largest absolute Gasteiger partial charge is 0.497 e. The maximum Gasteiger partial charge on any atom is 0.170 e. The van der Waals surface area contributed by atoms with Gasteiger partial charge in [0.05, 0.1) is 19.3 Å². The van der Waals surface area contributed by atoms with Gasteiger partial charge in [-0.15, -0.1) is 5.10 Å². The van der Waals surface area contributed by atoms with E-state index in [2.05, 4.69) is 15.5 Å². The van der Waals surface area contributed by atoms with Gasteiger partial charge < -0.3 is 10.5 Å². The predicted octanol–water partition coefficient (Wildman–Crippen LogP) is 0.130. The van der Waals surface area contributed by atoms with Gasteiger partial charge in [-0.2, -0.15) is 4.68 Å². The van der Waals surface area contributed by atoms with Crippen molar-refractivity contribution in [3.05, 3.63) is 30.1 Å². The van der Waals surface area contributed by atoms with E-state index in [1.54, 1.807) is 11.8 Å². The third-order valence-electron chi connectivity index (χ3n) is 2.01. The first-order valence-corrected chi connectivity index (χ1v) is 4.47. The first kappa shape index (κ1) is 9.60. The van der Waals surface area contributed by atoms with Crippen LogP contribution in [0.5, 0.6) is 5.75 Å². The molecule has 15 heavy (non-hydrogen) atoms. The highest BCUT2D eigenvalue weighted by molar-refractivity contribution is 5.38. The van der Waals surface area contributed by atoms with Crippen LogP contribution in [0.15, 0.2) is 24.3 Å². The van der Waals surface area contributed by atoms with E-state index in [0.29, 0.717) is 12.4 Å². The number of hydrogen-bond donors (Lipinski definition) is 1. The molecule has 0 aliphatic heterocycles. The lowest BCUT2D eigenvalue weighted by atomic mass is 10.3. The third kappa shape index (κ3) is 1.79. The Bertz CT molecular complexity index is 453. The first-order chi connectivity index (χ1) is 7.35. The van der Waals surface area contributed by atoms with Crippen LogP contribution in [0.2, 0.25) is 0 Å². The molecule has 0 radical (unpaired) electrons. The molecule has 0 fully saturated rings. The Morgan fingerprint density at radius 2 is 2.33 bits per heavy atom. The number of tetrazole rings is 1. The van der Waals surface area contributed by atoms with Gasteiger partial charge in [0, 0.05) is 6.07 Å². The number of methoxy groups -OCH3 is 1. The summed E-state index contributed by atoms with van der Waals surface area (Å²) in [5, 5.41) is 11.2. The zero-order valence-corrected chi connectivity index (χ0v) is 8.29. The summed E-state index contributed by atoms with van der Waals surface area (Å²) in [6.45, 7) is 0.296. The van der Waals surface area contributed by atoms with Crippen molar-refractivity contribution in [2.45, 2.75) is 6.54 Å². The molecule has 0 amide bonds. The van der Waals surface area contributed by atoms with Crippen LogP contribution in [0.1, 0.15) is 5.82 Å². The van der Waals surface area contributed by atoms with Gasteiger partial charge in [0.1, 0.15) is 5.75 Å². The second-order valence-corrected chi connectivity index (χ2v) is 2.91. The minimum absolute atomic E-state index is 0.296. The summed E-state index contributed by atoms with van der Waals surface area (Å²) in [6, 6.07) is 7.46. The minimum atomic E-state index is 0.296. The fourth-order valence-electron chi connectivity index (χ4n) is 1.28. The molecule has 2 N–H and O–H groups in total. The summed E-state index contributed by atoms with van der Waals surface area (Å²) in [5.74, 6) is 1.37. The predicted molar refractivity (Wildman–Crippen MR) is 53.6 cm³/mol. The van der Waals surface area contributed by atoms with Crippen LogP contribution >= 0.6 is 0 Å². The average Bonchev–Trinajstić information content (AvgIpc) is 2.77. The van der Waals surface area contributed by atoms with Gasteiger partial charge in [-0.1, -0.05) is 6.07 Å². The molecule has 6 nitrogen and oxygen atoms in total. The highest BCUT2D eigenvalue weighted by atomic mass is 16.5. The Hall–Kier alpha value is -1.95. The van der Waals surface area contributed by atoms with Gasteiger partial charge in [0.15, 0.2) is 5.82 Å². The third-order valence-corrected chi connectivity index (χ3v) is 2.01. The molecule has 0 saturated heterocycles. The molecule has 1 aromatic carbocycles. The Balaban J connectivity index is 2.44. The molecule has 1 heterocycles. The Morgan fingerprint density at radius 1 is 1.47 bits per heavy atom. The van der Waals surface area contributed by atoms with Crippen molar-refractivity contribution < 1.29 is 4.74 Å². The lowest BCUT2D eigenvalue weighted by Crippen LogP contribution is -2.07. The number of rotatable bonds is 3. The van der Waals surface area contributed by atoms with Gasteiger partial charge >= 0.3 is 0 Å². The zero-order valence-electron chi connectivity index (χ0n) is 8.29. The van der Waals surface area contributed by atoms with Crippen molar-refractivity contribution in [2.24, 2.45) is 5.73 Å². The van der Waals surface area contributed by atoms with Crippen molar-refractivity contribution in [3.63, 3.8) is 0 Å². The van der Waals surface area contributed by atoms with Crippen LogP contribution in [0.4, 0.5) is 0 Å². The van der Waals surface area contributed by atoms with E-state index in [-0.39, 0.29) is 0 Å². The van der Waals surface area contributed by atoms with Crippen LogP contribution in [0.3, 0.4) is 0 Å². The molecule has 0 aliphatic rings. The summed E-state index contributed by atoms with van der Waals surface area (Å²) >= 11 is 0. The SMILES string of the molecule is COc1cccc(-n2nnnc2CN)c1. The van der Waals surface area contributed by atoms with Gasteiger partial charge in [-0.05, 0) is 22.6 Å². The normalized spacial score (nSPS) is 10.3. The molecule has 2 aromatic rings. The number of nitrogens with zero attached hydrogens (tertiary/aromatic N) is 4. The second kappa shape index (κ2) is 4.05. The van der Waals surface area contributed by atoms with Crippen molar-refractivity contribution in [1.29, 1.82) is 0 Å². The summed E-state index contributed by atoms with van der Waals surface area (Å²) in [4.78, 5) is 0. The summed E-state index contributed by atoms with van der Waals surface area (Å²) in [7, 11) is 1.61. The van der Waals surface area contributed by atoms with Crippen LogP contribution in [-0.4, -0.2) is 27.3 Å². The zero-order chi connectivity index (χ0) is 10.7. The Kier molecular flexibility index (Phi) is 2.59. The fourth-order valence-corrected chi connectivity index (χ4v) is 1.28. The highest BCUT2D eigenvalue weighted by Gasteiger charge is 2.06. The van der Waals surface area contributed by atoms with E-state index in [1.165, 1.54) is 0 Å². The number of nitrogens with two attached hydrogens (primary N) is 1. The molecule has 6 heteroatoms. The van der Waals surface area contributed by atoms with Gasteiger partial charge in [0.25, 0.3) is 0 Å². The first-order valence-electron chi connectivity index (χ1n) is 4.47. The van der Waals surface area contributed by atoms with Gasteiger partial charge in [-0.3, -0.25) is 0 Å². The highest BCUT2D eigenvalue weighted by Crippen LogP contribution is 2.15. The molecule has 1 aromatic heterocycles. The van der Waals surface area contributed by atoms with Crippen LogP contribution in [-0.2, 0) is 6.54 Å². The van der Waals surface area contributed by atoms with E-state index < -0.39 is 0 Å². The van der Waals surface area contributed by atoms with Crippen LogP contribution < -0.4 is 10.5 Å². The van der Waals surface area contributed by atoms with Crippen molar-refractivity contribution in [1.82, 2.24) is 20.2 Å². The molecule has 0 atom stereocenters. The molecule has 0 spiro atoms. The topological polar surface area (TPSA) is 78.8 Å². The minimum Gasteiger partial charge on any atom is -0.497 e. The second-order valence-electron chi connectivity index (χ2n) is 2.91. The van der Waals surface area contributed by atoms with E-state index in [1.807, 2.05) is 24.3 Å². The van der Waals surface area contributed by atoms with E-state index in [0.717, 1.165) is 11.4 Å². The molecule has 78 valence electrons. The van der Waals surface area contributed by atoms with E-state index >= 15 is 0 Å². The van der Waals surface area contributed by atoms with Crippen LogP contribution in [0, 0.1) is 0 Å². The van der Waals surface area contributed by atoms with E-state index in [4.69, 9.17) is 10.5 Å². The molecular formula is C9H11N5O. The lowest BCUT2D eigenvalue weighted by molar-refractivity contribution is 0.414. The van der Waals surface area contributed by atoms with Gasteiger partial charge in [0.2, 0.25) is 0 Å². The molecule has 2 rings (SSSR count). The average molecular weight is 205 g/mol. The summed E-state index contributed by atoms with van der Waals surface area (Å²) in [6.07, 6.45) is 0. The molecule has 0 bridgehead atoms. The summed E-state index contributed by atoms with van der Waals surface area (Å²) < 4.78 is 6.70. The number of hydrogen-bond acceptors (Lipinski definition) is 5. The van der Waals surface area contributed by atoms with Crippen LogP contribution in [0.25, 0.3) is 5.69 Å². The quantitative estimate of drug-likeness (QED) is 0.770.